The second-order valence-corrected chi connectivity index (χ2v) is 8.20. The van der Waals surface area contributed by atoms with Crippen molar-refractivity contribution in [3.63, 3.8) is 0 Å². The van der Waals surface area contributed by atoms with Crippen molar-refractivity contribution in [2.45, 2.75) is 17.0 Å². The normalized spacial score (nSPS) is 11.7. The van der Waals surface area contributed by atoms with Crippen LogP contribution >= 0.6 is 0 Å². The van der Waals surface area contributed by atoms with E-state index in [1.165, 1.54) is 33.7 Å². The van der Waals surface area contributed by atoms with E-state index in [-0.39, 0.29) is 0 Å². The van der Waals surface area contributed by atoms with Gasteiger partial charge in [-0.15, -0.1) is 0 Å². The highest BCUT2D eigenvalue weighted by Crippen LogP contribution is 2.21. The van der Waals surface area contributed by atoms with Crippen LogP contribution in [0.25, 0.3) is 10.8 Å². The first-order valence-electron chi connectivity index (χ1n) is 7.98. The zero-order chi connectivity index (χ0) is 20.8. The highest BCUT2D eigenvalue weighted by molar-refractivity contribution is 7.86. The molecule has 0 aliphatic rings. The fraction of sp³-hybridized carbons (Fsp3) is 0.158. The zero-order valence-corrected chi connectivity index (χ0v) is 16.1. The Balaban J connectivity index is 0.000000300. The number of aromatic hydroxyl groups is 1. The lowest BCUT2D eigenvalue weighted by atomic mass is 10.1. The van der Waals surface area contributed by atoms with Gasteiger partial charge in [0.2, 0.25) is 0 Å². The quantitative estimate of drug-likeness (QED) is 0.292. The second kappa shape index (κ2) is 9.31. The topological polar surface area (TPSA) is 77.4 Å². The average molecular weight is 430 g/mol. The van der Waals surface area contributed by atoms with Crippen LogP contribution < -0.4 is 0 Å². The van der Waals surface area contributed by atoms with Crippen LogP contribution in [0.15, 0.2) is 66.7 Å². The predicted molar refractivity (Wildman–Crippen MR) is 104 cm³/mol. The zero-order valence-electron chi connectivity index (χ0n) is 14.4. The van der Waals surface area contributed by atoms with Crippen LogP contribution in [0.3, 0.4) is 0 Å². The first-order valence-corrected chi connectivity index (χ1v) is 10.7. The van der Waals surface area contributed by atoms with Crippen molar-refractivity contribution in [1.82, 2.24) is 0 Å². The molecule has 3 aromatic rings. The Morgan fingerprint density at radius 3 is 2.07 bits per heavy atom. The molecule has 0 fully saturated rings. The highest BCUT2D eigenvalue weighted by Gasteiger charge is 2.36. The molecule has 3 rings (SSSR count). The molecular weight excluding hydrogens is 413 g/mol. The molecule has 28 heavy (non-hydrogen) atoms. The maximum Gasteiger partial charge on any atom is 0.485 e. The summed E-state index contributed by atoms with van der Waals surface area (Å²) in [6.45, 7) is 0. The molecule has 0 atom stereocenters. The molecule has 0 saturated carbocycles. The van der Waals surface area contributed by atoms with Crippen LogP contribution in [-0.2, 0) is 33.4 Å². The lowest BCUT2D eigenvalue weighted by molar-refractivity contribution is -0.0517. The molecule has 0 aliphatic heterocycles. The third-order valence-corrected chi connectivity index (χ3v) is 5.40. The van der Waals surface area contributed by atoms with Crippen LogP contribution in [0, 0.1) is 0 Å². The van der Waals surface area contributed by atoms with E-state index in [0.29, 0.717) is 5.75 Å². The van der Waals surface area contributed by atoms with E-state index in [9.17, 15) is 18.3 Å². The van der Waals surface area contributed by atoms with Gasteiger partial charge in [0.05, 0.1) is 0 Å². The number of phenols is 1. The van der Waals surface area contributed by atoms with Crippen LogP contribution in [0.2, 0.25) is 0 Å². The third kappa shape index (κ3) is 6.43. The van der Waals surface area contributed by atoms with Gasteiger partial charge in [0, 0.05) is 11.1 Å². The van der Waals surface area contributed by atoms with Crippen molar-refractivity contribution in [3.05, 3.63) is 77.9 Å². The number of rotatable bonds is 4. The van der Waals surface area contributed by atoms with E-state index in [1.54, 1.807) is 12.1 Å². The number of alkyl halides is 3. The monoisotopic (exact) mass is 430 g/mol. The number of halogens is 3. The molecular formula is C19H17F3O4S2. The van der Waals surface area contributed by atoms with E-state index in [2.05, 4.69) is 42.5 Å². The SMILES string of the molecule is O=S(=O)([O-])C(F)(F)F.Oc1ccc(C[SH+]Cc2cccc3ccccc23)cc1. The fourth-order valence-electron chi connectivity index (χ4n) is 2.34. The van der Waals surface area contributed by atoms with Crippen LogP contribution in [0.1, 0.15) is 11.1 Å². The van der Waals surface area contributed by atoms with Crippen LogP contribution in [0.5, 0.6) is 5.75 Å². The number of hydrogen-bond acceptors (Lipinski definition) is 4. The molecule has 9 heteroatoms. The van der Waals surface area contributed by atoms with Gasteiger partial charge < -0.3 is 9.66 Å². The number of phenolic OH excluding ortho intramolecular Hbond substituents is 1. The molecule has 0 heterocycles. The molecule has 3 aromatic carbocycles. The minimum Gasteiger partial charge on any atom is -0.741 e. The summed E-state index contributed by atoms with van der Waals surface area (Å²) < 4.78 is 58.9. The molecule has 0 aliphatic carbocycles. The van der Waals surface area contributed by atoms with Crippen molar-refractivity contribution in [3.8, 4) is 5.75 Å². The van der Waals surface area contributed by atoms with E-state index >= 15 is 0 Å². The van der Waals surface area contributed by atoms with E-state index in [1.807, 2.05) is 12.1 Å². The largest absolute Gasteiger partial charge is 0.741 e. The standard InChI is InChI=1S/C18H16OS.CHF3O3S/c19-17-10-8-14(9-11-17)12-20-13-16-6-3-5-15-4-1-2-7-18(15)16;2-1(3,4)8(5,6)7/h1-11,19H,12-13H2;(H,5,6,7). The molecule has 1 N–H and O–H groups in total. The summed E-state index contributed by atoms with van der Waals surface area (Å²) in [7, 11) is -6.09. The van der Waals surface area contributed by atoms with E-state index in [0.717, 1.165) is 11.5 Å². The first-order chi connectivity index (χ1) is 13.1. The van der Waals surface area contributed by atoms with Crippen molar-refractivity contribution >= 4 is 32.7 Å². The van der Waals surface area contributed by atoms with Gasteiger partial charge in [0.15, 0.2) is 10.1 Å². The molecule has 0 aromatic heterocycles. The van der Waals surface area contributed by atoms with Crippen LogP contribution in [0.4, 0.5) is 13.2 Å². The number of fused-ring (bicyclic) bond motifs is 1. The summed E-state index contributed by atoms with van der Waals surface area (Å²) in [6, 6.07) is 22.5. The van der Waals surface area contributed by atoms with Gasteiger partial charge in [0.1, 0.15) is 17.3 Å². The van der Waals surface area contributed by atoms with Crippen molar-refractivity contribution in [1.29, 1.82) is 0 Å². The molecule has 0 radical (unpaired) electrons. The van der Waals surface area contributed by atoms with Crippen molar-refractivity contribution in [2.75, 3.05) is 0 Å². The van der Waals surface area contributed by atoms with Gasteiger partial charge in [0.25, 0.3) is 0 Å². The average Bonchev–Trinajstić information content (AvgIpc) is 2.62. The molecule has 0 bridgehead atoms. The molecule has 0 saturated heterocycles. The van der Waals surface area contributed by atoms with E-state index < -0.39 is 15.6 Å². The minimum atomic E-state index is -6.09. The smallest absolute Gasteiger partial charge is 0.485 e. The Hall–Kier alpha value is -2.23. The Morgan fingerprint density at radius 2 is 1.46 bits per heavy atom. The molecule has 150 valence electrons. The summed E-state index contributed by atoms with van der Waals surface area (Å²) in [4.78, 5) is 0. The van der Waals surface area contributed by atoms with Gasteiger partial charge in [-0.2, -0.15) is 13.2 Å². The van der Waals surface area contributed by atoms with Crippen molar-refractivity contribution < 1.29 is 31.2 Å². The van der Waals surface area contributed by atoms with E-state index in [4.69, 9.17) is 13.0 Å². The van der Waals surface area contributed by atoms with Gasteiger partial charge in [-0.1, -0.05) is 54.6 Å². The van der Waals surface area contributed by atoms with Gasteiger partial charge in [-0.3, -0.25) is 0 Å². The fourth-order valence-corrected chi connectivity index (χ4v) is 3.43. The summed E-state index contributed by atoms with van der Waals surface area (Å²) in [6.07, 6.45) is 0. The lowest BCUT2D eigenvalue weighted by Gasteiger charge is -2.08. The number of thiol groups is 1. The number of hydrogen-bond donors (Lipinski definition) is 1. The number of benzene rings is 3. The summed E-state index contributed by atoms with van der Waals surface area (Å²) in [5.41, 5.74) is -2.97. The Labute approximate surface area is 164 Å². The minimum absolute atomic E-state index is 0.333. The van der Waals surface area contributed by atoms with Gasteiger partial charge in [-0.05, 0) is 34.7 Å². The Kier molecular flexibility index (Phi) is 7.34. The Morgan fingerprint density at radius 1 is 0.893 bits per heavy atom. The maximum absolute atomic E-state index is 10.7. The van der Waals surface area contributed by atoms with Crippen LogP contribution in [-0.4, -0.2) is 23.6 Å². The predicted octanol–water partition coefficient (Wildman–Crippen LogP) is 4.11. The molecule has 4 nitrogen and oxygen atoms in total. The third-order valence-electron chi connectivity index (χ3n) is 3.68. The molecule has 0 unspecified atom stereocenters. The van der Waals surface area contributed by atoms with Gasteiger partial charge >= 0.3 is 5.51 Å². The van der Waals surface area contributed by atoms with Crippen molar-refractivity contribution in [2.24, 2.45) is 0 Å². The molecule has 0 spiro atoms. The van der Waals surface area contributed by atoms with Gasteiger partial charge in [-0.25, -0.2) is 8.42 Å². The highest BCUT2D eigenvalue weighted by atomic mass is 32.2. The summed E-state index contributed by atoms with van der Waals surface area (Å²) in [5.74, 6) is 2.41. The Bertz CT molecular complexity index is 1010. The lowest BCUT2D eigenvalue weighted by Crippen LogP contribution is -2.21. The maximum atomic E-state index is 10.7. The molecule has 0 amide bonds. The second-order valence-electron chi connectivity index (χ2n) is 5.74. The summed E-state index contributed by atoms with van der Waals surface area (Å²) >= 11 is 1.38. The summed E-state index contributed by atoms with van der Waals surface area (Å²) in [5, 5.41) is 11.9. The first kappa shape index (κ1) is 22.1.